The quantitative estimate of drug-likeness (QED) is 0.875. The molecule has 0 spiro atoms. The molecule has 0 saturated heterocycles. The van der Waals surface area contributed by atoms with Crippen LogP contribution in [0.2, 0.25) is 0 Å². The predicted octanol–water partition coefficient (Wildman–Crippen LogP) is 4.58. The largest absolute Gasteiger partial charge is 0.497 e. The van der Waals surface area contributed by atoms with E-state index in [4.69, 9.17) is 4.74 Å². The molecule has 2 rings (SSSR count). The van der Waals surface area contributed by atoms with Crippen molar-refractivity contribution in [2.45, 2.75) is 52.6 Å². The molecule has 1 saturated carbocycles. The van der Waals surface area contributed by atoms with E-state index in [9.17, 15) is 5.11 Å². The van der Waals surface area contributed by atoms with Gasteiger partial charge in [0.2, 0.25) is 0 Å². The van der Waals surface area contributed by atoms with Gasteiger partial charge in [-0.3, -0.25) is 0 Å². The van der Waals surface area contributed by atoms with E-state index in [0.717, 1.165) is 30.1 Å². The van der Waals surface area contributed by atoms with E-state index in [2.05, 4.69) is 20.8 Å². The second-order valence-corrected chi connectivity index (χ2v) is 7.20. The van der Waals surface area contributed by atoms with Crippen molar-refractivity contribution < 1.29 is 9.84 Å². The Morgan fingerprint density at radius 2 is 1.60 bits per heavy atom. The molecule has 1 aliphatic rings. The van der Waals surface area contributed by atoms with Crippen molar-refractivity contribution in [3.05, 3.63) is 29.8 Å². The summed E-state index contributed by atoms with van der Waals surface area (Å²) in [6.45, 7) is 6.99. The Morgan fingerprint density at radius 3 is 2.05 bits per heavy atom. The molecule has 112 valence electrons. The fraction of sp³-hybridized carbons (Fsp3) is 0.667. The van der Waals surface area contributed by atoms with Crippen molar-refractivity contribution >= 4 is 0 Å². The summed E-state index contributed by atoms with van der Waals surface area (Å²) in [7, 11) is 1.67. The third-order valence-electron chi connectivity index (χ3n) is 4.90. The van der Waals surface area contributed by atoms with Crippen LogP contribution in [-0.4, -0.2) is 12.2 Å². The van der Waals surface area contributed by atoms with Gasteiger partial charge >= 0.3 is 0 Å². The van der Waals surface area contributed by atoms with Crippen molar-refractivity contribution in [1.82, 2.24) is 0 Å². The molecule has 1 atom stereocenters. The van der Waals surface area contributed by atoms with Crippen molar-refractivity contribution in [3.63, 3.8) is 0 Å². The Hall–Kier alpha value is -1.02. The predicted molar refractivity (Wildman–Crippen MR) is 82.9 cm³/mol. The SMILES string of the molecule is COc1ccc(C(O)C2CCC(C(C)(C)C)CC2)cc1. The Balaban J connectivity index is 1.95. The van der Waals surface area contributed by atoms with Gasteiger partial charge in [-0.1, -0.05) is 32.9 Å². The number of ether oxygens (including phenoxy) is 1. The molecule has 0 amide bonds. The molecule has 0 heterocycles. The number of hydrogen-bond donors (Lipinski definition) is 1. The summed E-state index contributed by atoms with van der Waals surface area (Å²) in [5, 5.41) is 10.6. The summed E-state index contributed by atoms with van der Waals surface area (Å²) in [6, 6.07) is 7.83. The summed E-state index contributed by atoms with van der Waals surface area (Å²) in [4.78, 5) is 0. The standard InChI is InChI=1S/C18H28O2/c1-18(2,3)15-9-5-13(6-10-15)17(19)14-7-11-16(20-4)12-8-14/h7-8,11-13,15,17,19H,5-6,9-10H2,1-4H3. The highest BCUT2D eigenvalue weighted by Gasteiger charge is 2.32. The second-order valence-electron chi connectivity index (χ2n) is 7.20. The molecular formula is C18H28O2. The summed E-state index contributed by atoms with van der Waals surface area (Å²) >= 11 is 0. The van der Waals surface area contributed by atoms with Gasteiger partial charge in [0.25, 0.3) is 0 Å². The minimum Gasteiger partial charge on any atom is -0.497 e. The maximum Gasteiger partial charge on any atom is 0.118 e. The highest BCUT2D eigenvalue weighted by Crippen LogP contribution is 2.43. The summed E-state index contributed by atoms with van der Waals surface area (Å²) in [5.41, 5.74) is 1.42. The first kappa shape index (κ1) is 15.4. The van der Waals surface area contributed by atoms with Gasteiger partial charge in [0.1, 0.15) is 5.75 Å². The van der Waals surface area contributed by atoms with Crippen molar-refractivity contribution in [3.8, 4) is 5.75 Å². The summed E-state index contributed by atoms with van der Waals surface area (Å²) in [6.07, 6.45) is 4.41. The van der Waals surface area contributed by atoms with E-state index < -0.39 is 0 Å². The van der Waals surface area contributed by atoms with Crippen LogP contribution in [0, 0.1) is 17.3 Å². The van der Waals surface area contributed by atoms with Crippen LogP contribution in [-0.2, 0) is 0 Å². The lowest BCUT2D eigenvalue weighted by Crippen LogP contribution is -2.28. The average molecular weight is 276 g/mol. The highest BCUT2D eigenvalue weighted by molar-refractivity contribution is 5.28. The molecule has 1 unspecified atom stereocenters. The highest BCUT2D eigenvalue weighted by atomic mass is 16.5. The maximum atomic E-state index is 10.6. The summed E-state index contributed by atoms with van der Waals surface area (Å²) < 4.78 is 5.16. The van der Waals surface area contributed by atoms with Crippen LogP contribution in [0.1, 0.15) is 58.1 Å². The molecule has 1 aliphatic carbocycles. The Bertz CT molecular complexity index is 408. The monoisotopic (exact) mass is 276 g/mol. The minimum atomic E-state index is -0.332. The molecule has 1 N–H and O–H groups in total. The van der Waals surface area contributed by atoms with Gasteiger partial charge in [0, 0.05) is 0 Å². The molecule has 0 aliphatic heterocycles. The van der Waals surface area contributed by atoms with E-state index in [1.807, 2.05) is 24.3 Å². The Morgan fingerprint density at radius 1 is 1.05 bits per heavy atom. The zero-order chi connectivity index (χ0) is 14.8. The first-order valence-electron chi connectivity index (χ1n) is 7.74. The first-order chi connectivity index (χ1) is 9.41. The lowest BCUT2D eigenvalue weighted by Gasteiger charge is -2.38. The van der Waals surface area contributed by atoms with Crippen LogP contribution >= 0.6 is 0 Å². The minimum absolute atomic E-state index is 0.332. The van der Waals surface area contributed by atoms with Gasteiger partial charge < -0.3 is 9.84 Å². The third-order valence-corrected chi connectivity index (χ3v) is 4.90. The molecule has 20 heavy (non-hydrogen) atoms. The van der Waals surface area contributed by atoms with Crippen molar-refractivity contribution in [2.75, 3.05) is 7.11 Å². The summed E-state index contributed by atoms with van der Waals surface area (Å²) in [5.74, 6) is 2.04. The number of benzene rings is 1. The fourth-order valence-electron chi connectivity index (χ4n) is 3.37. The molecule has 0 radical (unpaired) electrons. The third kappa shape index (κ3) is 3.54. The van der Waals surface area contributed by atoms with Crippen molar-refractivity contribution in [2.24, 2.45) is 17.3 Å². The van der Waals surface area contributed by atoms with Crippen molar-refractivity contribution in [1.29, 1.82) is 0 Å². The van der Waals surface area contributed by atoms with E-state index in [0.29, 0.717) is 11.3 Å². The van der Waals surface area contributed by atoms with Gasteiger partial charge in [-0.2, -0.15) is 0 Å². The molecule has 0 aromatic heterocycles. The molecular weight excluding hydrogens is 248 g/mol. The van der Waals surface area contributed by atoms with Crippen LogP contribution in [0.3, 0.4) is 0 Å². The Labute approximate surface area is 123 Å². The zero-order valence-corrected chi connectivity index (χ0v) is 13.2. The van der Waals surface area contributed by atoms with E-state index in [1.165, 1.54) is 12.8 Å². The number of aliphatic hydroxyl groups is 1. The molecule has 1 fully saturated rings. The number of aliphatic hydroxyl groups excluding tert-OH is 1. The van der Waals surface area contributed by atoms with Crippen LogP contribution in [0.4, 0.5) is 0 Å². The maximum absolute atomic E-state index is 10.6. The van der Waals surface area contributed by atoms with Gasteiger partial charge in [-0.15, -0.1) is 0 Å². The lowest BCUT2D eigenvalue weighted by atomic mass is 9.68. The average Bonchev–Trinajstić information content (AvgIpc) is 2.46. The number of methoxy groups -OCH3 is 1. The topological polar surface area (TPSA) is 29.5 Å². The molecule has 2 nitrogen and oxygen atoms in total. The van der Waals surface area contributed by atoms with E-state index >= 15 is 0 Å². The molecule has 2 heteroatoms. The first-order valence-corrected chi connectivity index (χ1v) is 7.74. The van der Waals surface area contributed by atoms with Crippen LogP contribution in [0.5, 0.6) is 5.75 Å². The number of hydrogen-bond acceptors (Lipinski definition) is 2. The smallest absolute Gasteiger partial charge is 0.118 e. The van der Waals surface area contributed by atoms with E-state index in [1.54, 1.807) is 7.11 Å². The molecule has 1 aromatic carbocycles. The van der Waals surface area contributed by atoms with Crippen LogP contribution in [0.15, 0.2) is 24.3 Å². The number of rotatable bonds is 3. The van der Waals surface area contributed by atoms with Gasteiger partial charge in [0.05, 0.1) is 13.2 Å². The van der Waals surface area contributed by atoms with Gasteiger partial charge in [-0.25, -0.2) is 0 Å². The van der Waals surface area contributed by atoms with Gasteiger partial charge in [-0.05, 0) is 60.6 Å². The normalized spacial score (nSPS) is 25.2. The van der Waals surface area contributed by atoms with Gasteiger partial charge in [0.15, 0.2) is 0 Å². The van der Waals surface area contributed by atoms with Crippen LogP contribution < -0.4 is 4.74 Å². The molecule has 1 aromatic rings. The second kappa shape index (κ2) is 6.17. The zero-order valence-electron chi connectivity index (χ0n) is 13.2. The molecule has 0 bridgehead atoms. The fourth-order valence-corrected chi connectivity index (χ4v) is 3.37. The van der Waals surface area contributed by atoms with Crippen LogP contribution in [0.25, 0.3) is 0 Å². The Kier molecular flexibility index (Phi) is 4.74. The van der Waals surface area contributed by atoms with E-state index in [-0.39, 0.29) is 6.10 Å². The lowest BCUT2D eigenvalue weighted by molar-refractivity contribution is 0.0528.